The highest BCUT2D eigenvalue weighted by molar-refractivity contribution is 5.65. The molecule has 0 fully saturated rings. The fourth-order valence-corrected chi connectivity index (χ4v) is 4.22. The van der Waals surface area contributed by atoms with Crippen molar-refractivity contribution in [1.82, 2.24) is 19.2 Å². The Bertz CT molecular complexity index is 1670. The number of benzene rings is 2. The summed E-state index contributed by atoms with van der Waals surface area (Å²) in [6.45, 7) is 5.69. The Labute approximate surface area is 210 Å². The van der Waals surface area contributed by atoms with Crippen LogP contribution in [0.25, 0.3) is 22.6 Å². The van der Waals surface area contributed by atoms with Crippen LogP contribution >= 0.6 is 0 Å². The maximum atomic E-state index is 13.5. The van der Waals surface area contributed by atoms with E-state index in [0.29, 0.717) is 33.9 Å². The van der Waals surface area contributed by atoms with E-state index in [-0.39, 0.29) is 12.2 Å². The van der Waals surface area contributed by atoms with Crippen LogP contribution < -0.4 is 10.3 Å². The molecule has 6 nitrogen and oxygen atoms in total. The van der Waals surface area contributed by atoms with Gasteiger partial charge in [0.15, 0.2) is 11.4 Å². The number of aryl methyl sites for hydroxylation is 3. The molecular weight excluding hydrogens is 481 g/mol. The summed E-state index contributed by atoms with van der Waals surface area (Å²) >= 11 is 0. The minimum absolute atomic E-state index is 0.0224. The molecule has 0 amide bonds. The van der Waals surface area contributed by atoms with E-state index in [1.807, 2.05) is 44.2 Å². The number of ether oxygens (including phenoxy) is 1. The molecule has 3 aromatic heterocycles. The maximum Gasteiger partial charge on any atom is 0.416 e. The smallest absolute Gasteiger partial charge is 0.416 e. The van der Waals surface area contributed by atoms with Crippen LogP contribution in [0, 0.1) is 20.8 Å². The zero-order valence-electron chi connectivity index (χ0n) is 20.4. The molecule has 0 aliphatic rings. The zero-order chi connectivity index (χ0) is 26.3. The van der Waals surface area contributed by atoms with Crippen molar-refractivity contribution in [2.45, 2.75) is 33.6 Å². The molecule has 9 heteroatoms. The Hall–Kier alpha value is -4.40. The topological polar surface area (TPSA) is 61.4 Å². The van der Waals surface area contributed by atoms with Crippen LogP contribution in [0.4, 0.5) is 13.2 Å². The largest absolute Gasteiger partial charge is 0.485 e. The van der Waals surface area contributed by atoms with Crippen LogP contribution in [0.1, 0.15) is 28.1 Å². The Morgan fingerprint density at radius 2 is 1.70 bits per heavy atom. The molecule has 0 aliphatic heterocycles. The van der Waals surface area contributed by atoms with Gasteiger partial charge in [0.25, 0.3) is 5.56 Å². The van der Waals surface area contributed by atoms with Gasteiger partial charge in [0.1, 0.15) is 12.3 Å². The van der Waals surface area contributed by atoms with Gasteiger partial charge in [-0.3, -0.25) is 9.20 Å². The molecule has 0 spiro atoms. The average Bonchev–Trinajstić information content (AvgIpc) is 3.23. The molecule has 0 saturated carbocycles. The SMILES string of the molecule is Cc1cccc(-n2nc(-c3c(C)nc4c(OCc5ccc(C(F)(F)F)cc5)cccn4c3=O)cc2C)c1. The molecule has 0 unspecified atom stereocenters. The molecule has 5 aromatic rings. The first-order valence-corrected chi connectivity index (χ1v) is 11.6. The standard InChI is InChI=1S/C28H23F3N4O2/c1-17-6-4-7-22(14-17)35-18(2)15-23(33-35)25-19(3)32-26-24(8-5-13-34(26)27(25)36)37-16-20-9-11-21(12-10-20)28(29,30)31/h4-15H,16H2,1-3H3. The quantitative estimate of drug-likeness (QED) is 0.292. The predicted molar refractivity (Wildman–Crippen MR) is 134 cm³/mol. The zero-order valence-corrected chi connectivity index (χ0v) is 20.4. The maximum absolute atomic E-state index is 13.5. The monoisotopic (exact) mass is 504 g/mol. The van der Waals surface area contributed by atoms with Crippen molar-refractivity contribution in [3.63, 3.8) is 0 Å². The molecule has 2 aromatic carbocycles. The molecular formula is C28H23F3N4O2. The van der Waals surface area contributed by atoms with Gasteiger partial charge >= 0.3 is 6.18 Å². The summed E-state index contributed by atoms with van der Waals surface area (Å²) in [6, 6.07) is 17.9. The van der Waals surface area contributed by atoms with Crippen molar-refractivity contribution < 1.29 is 17.9 Å². The molecule has 188 valence electrons. The number of hydrogen-bond donors (Lipinski definition) is 0. The number of pyridine rings is 1. The van der Waals surface area contributed by atoms with E-state index in [2.05, 4.69) is 4.98 Å². The second-order valence-corrected chi connectivity index (χ2v) is 8.85. The number of rotatable bonds is 5. The van der Waals surface area contributed by atoms with E-state index in [9.17, 15) is 18.0 Å². The predicted octanol–water partition coefficient (Wildman–Crippen LogP) is 6.07. The average molecular weight is 505 g/mol. The van der Waals surface area contributed by atoms with Crippen LogP contribution in [-0.4, -0.2) is 19.2 Å². The van der Waals surface area contributed by atoms with Crippen LogP contribution in [0.2, 0.25) is 0 Å². The second kappa shape index (κ2) is 9.24. The van der Waals surface area contributed by atoms with Crippen molar-refractivity contribution in [2.75, 3.05) is 0 Å². The van der Waals surface area contributed by atoms with E-state index in [1.54, 1.807) is 29.9 Å². The third kappa shape index (κ3) is 4.72. The lowest BCUT2D eigenvalue weighted by molar-refractivity contribution is -0.137. The van der Waals surface area contributed by atoms with Gasteiger partial charge in [0.05, 0.1) is 22.5 Å². The van der Waals surface area contributed by atoms with E-state index in [0.717, 1.165) is 29.1 Å². The summed E-state index contributed by atoms with van der Waals surface area (Å²) in [6.07, 6.45) is -2.80. The first kappa shape index (κ1) is 24.3. The summed E-state index contributed by atoms with van der Waals surface area (Å²) < 4.78 is 47.5. The molecule has 0 bridgehead atoms. The highest BCUT2D eigenvalue weighted by Crippen LogP contribution is 2.29. The molecule has 0 aliphatic carbocycles. The lowest BCUT2D eigenvalue weighted by Crippen LogP contribution is -2.19. The summed E-state index contributed by atoms with van der Waals surface area (Å²) in [5.74, 6) is 0.343. The van der Waals surface area contributed by atoms with Crippen LogP contribution in [0.3, 0.4) is 0 Å². The van der Waals surface area contributed by atoms with E-state index >= 15 is 0 Å². The van der Waals surface area contributed by atoms with Gasteiger partial charge in [-0.25, -0.2) is 9.67 Å². The lowest BCUT2D eigenvalue weighted by Gasteiger charge is -2.12. The van der Waals surface area contributed by atoms with Gasteiger partial charge < -0.3 is 4.74 Å². The van der Waals surface area contributed by atoms with Crippen molar-refractivity contribution >= 4 is 5.65 Å². The number of nitrogens with zero attached hydrogens (tertiary/aromatic N) is 4. The summed E-state index contributed by atoms with van der Waals surface area (Å²) in [4.78, 5) is 18.2. The molecule has 5 rings (SSSR count). The number of fused-ring (bicyclic) bond motifs is 1. The third-order valence-electron chi connectivity index (χ3n) is 6.06. The van der Waals surface area contributed by atoms with Gasteiger partial charge in [-0.2, -0.15) is 18.3 Å². The lowest BCUT2D eigenvalue weighted by atomic mass is 10.1. The van der Waals surface area contributed by atoms with Crippen LogP contribution in [-0.2, 0) is 12.8 Å². The van der Waals surface area contributed by atoms with Gasteiger partial charge in [0.2, 0.25) is 0 Å². The van der Waals surface area contributed by atoms with Crippen molar-refractivity contribution in [2.24, 2.45) is 0 Å². The highest BCUT2D eigenvalue weighted by atomic mass is 19.4. The van der Waals surface area contributed by atoms with E-state index < -0.39 is 11.7 Å². The normalized spacial score (nSPS) is 11.7. The molecule has 0 saturated heterocycles. The molecule has 37 heavy (non-hydrogen) atoms. The molecule has 0 atom stereocenters. The van der Waals surface area contributed by atoms with Gasteiger partial charge in [-0.05, 0) is 74.4 Å². The van der Waals surface area contributed by atoms with Crippen LogP contribution in [0.5, 0.6) is 5.75 Å². The van der Waals surface area contributed by atoms with Crippen LogP contribution in [0.15, 0.2) is 77.7 Å². The molecule has 3 heterocycles. The summed E-state index contributed by atoms with van der Waals surface area (Å²) in [5.41, 5.74) is 4.11. The van der Waals surface area contributed by atoms with Crippen molar-refractivity contribution in [1.29, 1.82) is 0 Å². The van der Waals surface area contributed by atoms with Gasteiger partial charge in [-0.15, -0.1) is 0 Å². The minimum Gasteiger partial charge on any atom is -0.485 e. The highest BCUT2D eigenvalue weighted by Gasteiger charge is 2.30. The molecule has 0 radical (unpaired) electrons. The van der Waals surface area contributed by atoms with E-state index in [1.165, 1.54) is 16.5 Å². The number of hydrogen-bond acceptors (Lipinski definition) is 4. The minimum atomic E-state index is -4.40. The Morgan fingerprint density at radius 1 is 0.946 bits per heavy atom. The number of aromatic nitrogens is 4. The van der Waals surface area contributed by atoms with E-state index in [4.69, 9.17) is 9.84 Å². The third-order valence-corrected chi connectivity index (χ3v) is 6.06. The van der Waals surface area contributed by atoms with Gasteiger partial charge in [-0.1, -0.05) is 24.3 Å². The van der Waals surface area contributed by atoms with Gasteiger partial charge in [0, 0.05) is 11.9 Å². The Kier molecular flexibility index (Phi) is 6.07. The fourth-order valence-electron chi connectivity index (χ4n) is 4.22. The Balaban J connectivity index is 1.49. The van der Waals surface area contributed by atoms with Crippen molar-refractivity contribution in [3.05, 3.63) is 111 Å². The Morgan fingerprint density at radius 3 is 2.41 bits per heavy atom. The first-order valence-electron chi connectivity index (χ1n) is 11.6. The number of halogens is 3. The first-order chi connectivity index (χ1) is 17.6. The van der Waals surface area contributed by atoms with Crippen molar-refractivity contribution in [3.8, 4) is 22.7 Å². The molecule has 0 N–H and O–H groups in total. The summed E-state index contributed by atoms with van der Waals surface area (Å²) in [5, 5.41) is 4.69. The number of alkyl halides is 3. The summed E-state index contributed by atoms with van der Waals surface area (Å²) in [7, 11) is 0. The second-order valence-electron chi connectivity index (χ2n) is 8.85. The fraction of sp³-hybridized carbons (Fsp3) is 0.179.